The van der Waals surface area contributed by atoms with Crippen LogP contribution in [0, 0.1) is 79.9 Å². The molecular weight excluding hydrogens is 701 g/mol. The highest BCUT2D eigenvalue weighted by Crippen LogP contribution is 2.57. The van der Waals surface area contributed by atoms with Gasteiger partial charge < -0.3 is 0 Å². The Bertz CT molecular complexity index is 2180. The van der Waals surface area contributed by atoms with E-state index < -0.39 is 120 Å². The van der Waals surface area contributed by atoms with Crippen LogP contribution in [0.1, 0.15) is 44.5 Å². The van der Waals surface area contributed by atoms with Gasteiger partial charge >= 0.3 is 18.5 Å². The number of nitrogens with zero attached hydrogens (tertiary/aromatic N) is 5. The molecule has 4 rings (SSSR count). The maximum absolute atomic E-state index is 15.1. The number of hydrogen-bond donors (Lipinski definition) is 0. The average Bonchev–Trinajstić information content (AvgIpc) is 3.75. The zero-order valence-electron chi connectivity index (χ0n) is 23.6. The van der Waals surface area contributed by atoms with Crippen LogP contribution in [0.3, 0.4) is 0 Å². The molecule has 1 aliphatic rings. The van der Waals surface area contributed by atoms with E-state index in [1.165, 1.54) is 24.3 Å². The van der Waals surface area contributed by atoms with Crippen molar-refractivity contribution in [3.05, 3.63) is 121 Å². The smallest absolute Gasteiger partial charge is 0.203 e. The molecule has 5 nitrogen and oxygen atoms in total. The number of benzene rings is 3. The number of nitriles is 5. The molecule has 0 amide bonds. The van der Waals surface area contributed by atoms with Crippen LogP contribution in [-0.2, 0) is 18.5 Å². The Morgan fingerprint density at radius 3 is 1.08 bits per heavy atom. The molecule has 0 unspecified atom stereocenters. The minimum atomic E-state index is -6.02. The Morgan fingerprint density at radius 2 is 0.800 bits per heavy atom. The van der Waals surface area contributed by atoms with E-state index in [2.05, 4.69) is 0 Å². The molecule has 3 aromatic carbocycles. The lowest BCUT2D eigenvalue weighted by molar-refractivity contribution is -0.143. The number of halogens is 13. The van der Waals surface area contributed by atoms with Gasteiger partial charge in [0.05, 0.1) is 56.7 Å². The largest absolute Gasteiger partial charge is 0.422 e. The van der Waals surface area contributed by atoms with Crippen molar-refractivity contribution in [2.24, 2.45) is 0 Å². The SMILES string of the molecule is N#CC(=C1C(=C(\C#N)c2ccc(C(F)(F)F)cc2C#N)/C1=C(\C#N)c1ccc(C(F)(F)F)cc1C#N)c1c(F)c(F)c(C(F)(F)F)c(F)c1F. The topological polar surface area (TPSA) is 119 Å². The third kappa shape index (κ3) is 6.09. The fourth-order valence-corrected chi connectivity index (χ4v) is 4.84. The van der Waals surface area contributed by atoms with Crippen LogP contribution in [0.15, 0.2) is 53.1 Å². The molecule has 0 atom stereocenters. The molecule has 50 heavy (non-hydrogen) atoms. The highest BCUT2D eigenvalue weighted by molar-refractivity contribution is 6.12. The molecule has 0 N–H and O–H groups in total. The first kappa shape index (κ1) is 36.3. The fourth-order valence-electron chi connectivity index (χ4n) is 4.84. The second-order valence-corrected chi connectivity index (χ2v) is 9.83. The Kier molecular flexibility index (Phi) is 9.04. The highest BCUT2D eigenvalue weighted by atomic mass is 19.4. The van der Waals surface area contributed by atoms with Crippen molar-refractivity contribution in [1.82, 2.24) is 0 Å². The molecule has 0 spiro atoms. The molecule has 0 aliphatic heterocycles. The predicted molar refractivity (Wildman–Crippen MR) is 141 cm³/mol. The summed E-state index contributed by atoms with van der Waals surface area (Å²) in [7, 11) is 0. The van der Waals surface area contributed by atoms with Crippen LogP contribution >= 0.6 is 0 Å². The normalized spacial score (nSPS) is 15.9. The Labute approximate surface area is 270 Å². The van der Waals surface area contributed by atoms with E-state index >= 15 is 8.78 Å². The molecule has 1 fully saturated rings. The van der Waals surface area contributed by atoms with Crippen molar-refractivity contribution in [2.45, 2.75) is 18.5 Å². The third-order valence-electron chi connectivity index (χ3n) is 7.04. The van der Waals surface area contributed by atoms with Crippen molar-refractivity contribution < 1.29 is 57.1 Å². The van der Waals surface area contributed by atoms with Gasteiger partial charge in [0.25, 0.3) is 0 Å². The van der Waals surface area contributed by atoms with E-state index in [1.807, 2.05) is 0 Å². The van der Waals surface area contributed by atoms with Crippen LogP contribution in [-0.4, -0.2) is 0 Å². The van der Waals surface area contributed by atoms with Gasteiger partial charge in [-0.2, -0.15) is 65.8 Å². The maximum atomic E-state index is 15.1. The zero-order valence-corrected chi connectivity index (χ0v) is 23.6. The van der Waals surface area contributed by atoms with Crippen molar-refractivity contribution in [3.8, 4) is 30.3 Å². The second-order valence-electron chi connectivity index (χ2n) is 9.83. The fraction of sp³-hybridized carbons (Fsp3) is 0.0938. The molecule has 0 saturated heterocycles. The molecule has 0 radical (unpaired) electrons. The summed E-state index contributed by atoms with van der Waals surface area (Å²) >= 11 is 0. The van der Waals surface area contributed by atoms with Crippen molar-refractivity contribution in [2.75, 3.05) is 0 Å². The highest BCUT2D eigenvalue weighted by Gasteiger charge is 2.47. The summed E-state index contributed by atoms with van der Waals surface area (Å²) in [5.74, 6) is -11.6. The molecule has 250 valence electrons. The first-order valence-corrected chi connectivity index (χ1v) is 12.8. The zero-order chi connectivity index (χ0) is 37.7. The van der Waals surface area contributed by atoms with Gasteiger partial charge in [-0.15, -0.1) is 0 Å². The number of allylic oxidation sites excluding steroid dienone is 6. The molecule has 1 aliphatic carbocycles. The summed E-state index contributed by atoms with van der Waals surface area (Å²) in [6.07, 6.45) is -16.1. The van der Waals surface area contributed by atoms with Gasteiger partial charge in [0.1, 0.15) is 23.8 Å². The number of alkyl halides is 9. The van der Waals surface area contributed by atoms with E-state index in [-0.39, 0.29) is 12.1 Å². The Morgan fingerprint density at radius 1 is 0.460 bits per heavy atom. The van der Waals surface area contributed by atoms with Gasteiger partial charge in [0.15, 0.2) is 23.3 Å². The molecular formula is C32H6F13N5. The van der Waals surface area contributed by atoms with Gasteiger partial charge in [-0.25, -0.2) is 17.6 Å². The Balaban J connectivity index is 2.26. The molecule has 0 aromatic heterocycles. The van der Waals surface area contributed by atoms with Crippen LogP contribution in [0.4, 0.5) is 57.1 Å². The Hall–Kier alpha value is -6.58. The minimum Gasteiger partial charge on any atom is -0.203 e. The van der Waals surface area contributed by atoms with Gasteiger partial charge in [-0.3, -0.25) is 0 Å². The standard InChI is InChI=1S/C32H6F13N5/c33-26-24(27(34)29(36)25(28(26)35)32(43,44)45)20(11-50)23-21(18(9-48)16-3-1-14(30(37,38)39)5-12(16)7-46)22(23)19(10-49)17-4-2-15(31(40,41)42)6-13(17)8-47/h1-6H/b21-18-,22-19+,23-20?. The van der Waals surface area contributed by atoms with Gasteiger partial charge in [0, 0.05) is 27.8 Å². The number of hydrogen-bond acceptors (Lipinski definition) is 5. The summed E-state index contributed by atoms with van der Waals surface area (Å²) in [6, 6.07) is 9.00. The lowest BCUT2D eigenvalue weighted by atomic mass is 9.96. The summed E-state index contributed by atoms with van der Waals surface area (Å²) in [5.41, 5.74) is -17.4. The molecule has 18 heteroatoms. The van der Waals surface area contributed by atoms with Gasteiger partial charge in [-0.1, -0.05) is 12.1 Å². The monoisotopic (exact) mass is 707 g/mol. The first-order valence-electron chi connectivity index (χ1n) is 12.8. The van der Waals surface area contributed by atoms with E-state index in [4.69, 9.17) is 0 Å². The third-order valence-corrected chi connectivity index (χ3v) is 7.04. The van der Waals surface area contributed by atoms with Crippen LogP contribution in [0.5, 0.6) is 0 Å². The van der Waals surface area contributed by atoms with E-state index in [1.54, 1.807) is 0 Å². The summed E-state index contributed by atoms with van der Waals surface area (Å²) in [6.45, 7) is 0. The molecule has 0 heterocycles. The van der Waals surface area contributed by atoms with Gasteiger partial charge in [0.2, 0.25) is 0 Å². The van der Waals surface area contributed by atoms with E-state index in [0.29, 0.717) is 24.3 Å². The van der Waals surface area contributed by atoms with E-state index in [9.17, 15) is 74.6 Å². The quantitative estimate of drug-likeness (QED) is 0.153. The summed E-state index contributed by atoms with van der Waals surface area (Å²) in [4.78, 5) is 0. The average molecular weight is 707 g/mol. The minimum absolute atomic E-state index is 0.252. The summed E-state index contributed by atoms with van der Waals surface area (Å²) in [5, 5.41) is 49.1. The first-order chi connectivity index (χ1) is 23.2. The summed E-state index contributed by atoms with van der Waals surface area (Å²) < 4.78 is 179. The predicted octanol–water partition coefficient (Wildman–Crippen LogP) is 9.29. The number of rotatable bonds is 3. The maximum Gasteiger partial charge on any atom is 0.422 e. The van der Waals surface area contributed by atoms with Crippen molar-refractivity contribution in [1.29, 1.82) is 26.3 Å². The second kappa shape index (κ2) is 12.5. The van der Waals surface area contributed by atoms with Crippen molar-refractivity contribution >= 4 is 16.7 Å². The van der Waals surface area contributed by atoms with Crippen molar-refractivity contribution in [3.63, 3.8) is 0 Å². The molecule has 3 aromatic rings. The lowest BCUT2D eigenvalue weighted by Gasteiger charge is -2.13. The van der Waals surface area contributed by atoms with Crippen LogP contribution in [0.25, 0.3) is 16.7 Å². The van der Waals surface area contributed by atoms with E-state index in [0.717, 1.165) is 6.07 Å². The molecule has 1 saturated carbocycles. The van der Waals surface area contributed by atoms with Crippen LogP contribution in [0.2, 0.25) is 0 Å². The van der Waals surface area contributed by atoms with Gasteiger partial charge in [-0.05, 0) is 24.3 Å². The van der Waals surface area contributed by atoms with Crippen LogP contribution < -0.4 is 0 Å². The molecule has 0 bridgehead atoms. The lowest BCUT2D eigenvalue weighted by Crippen LogP contribution is -2.17.